The average molecular weight is 288 g/mol. The van der Waals surface area contributed by atoms with Crippen molar-refractivity contribution >= 4 is 44.4 Å². The molecule has 2 aromatic heterocycles. The summed E-state index contributed by atoms with van der Waals surface area (Å²) in [7, 11) is 0. The smallest absolute Gasteiger partial charge is 0.258 e. The minimum Gasteiger partial charge on any atom is -0.258 e. The monoisotopic (exact) mass is 288 g/mol. The molecule has 2 rings (SSSR count). The molecular formula is C8H4N2O4S3. The highest BCUT2D eigenvalue weighted by atomic mass is 32.2. The molecule has 0 aliphatic rings. The summed E-state index contributed by atoms with van der Waals surface area (Å²) >= 11 is 3.40. The van der Waals surface area contributed by atoms with Crippen molar-refractivity contribution in [1.82, 2.24) is 0 Å². The van der Waals surface area contributed by atoms with E-state index in [0.29, 0.717) is 0 Å². The fraction of sp³-hybridized carbons (Fsp3) is 0. The van der Waals surface area contributed by atoms with Crippen LogP contribution in [-0.4, -0.2) is 9.85 Å². The Labute approximate surface area is 107 Å². The van der Waals surface area contributed by atoms with Gasteiger partial charge >= 0.3 is 10.0 Å². The maximum absolute atomic E-state index is 10.5. The summed E-state index contributed by atoms with van der Waals surface area (Å²) in [5.74, 6) is 0. The maximum Gasteiger partial charge on any atom is 0.325 e. The molecule has 0 saturated heterocycles. The van der Waals surface area contributed by atoms with Crippen LogP contribution >= 0.6 is 34.4 Å². The van der Waals surface area contributed by atoms with Gasteiger partial charge in [0.05, 0.1) is 18.3 Å². The highest BCUT2D eigenvalue weighted by Crippen LogP contribution is 2.40. The first kappa shape index (κ1) is 12.0. The Kier molecular flexibility index (Phi) is 3.41. The molecule has 17 heavy (non-hydrogen) atoms. The molecule has 0 saturated carbocycles. The molecule has 0 aliphatic carbocycles. The molecule has 0 spiro atoms. The Morgan fingerprint density at radius 3 is 1.59 bits per heavy atom. The van der Waals surface area contributed by atoms with E-state index < -0.39 is 9.85 Å². The molecule has 2 aromatic rings. The Morgan fingerprint density at radius 1 is 0.882 bits per heavy atom. The SMILES string of the molecule is O=[N+]([O-])c1ccc(Sc2ccc([N+](=O)[O-])s2)s1. The Balaban J connectivity index is 2.13. The molecule has 0 atom stereocenters. The third kappa shape index (κ3) is 2.81. The Bertz CT molecular complexity index is 527. The predicted octanol–water partition coefficient (Wildman–Crippen LogP) is 3.78. The molecule has 0 unspecified atom stereocenters. The third-order valence-corrected chi connectivity index (χ3v) is 5.03. The van der Waals surface area contributed by atoms with E-state index in [-0.39, 0.29) is 10.0 Å². The first-order valence-electron chi connectivity index (χ1n) is 4.22. The lowest BCUT2D eigenvalue weighted by Gasteiger charge is -1.89. The summed E-state index contributed by atoms with van der Waals surface area (Å²) in [6.07, 6.45) is 0. The lowest BCUT2D eigenvalue weighted by atomic mass is 10.6. The van der Waals surface area contributed by atoms with Crippen molar-refractivity contribution in [2.45, 2.75) is 8.42 Å². The summed E-state index contributed by atoms with van der Waals surface area (Å²) in [6.45, 7) is 0. The van der Waals surface area contributed by atoms with E-state index in [1.165, 1.54) is 23.9 Å². The summed E-state index contributed by atoms with van der Waals surface area (Å²) in [6, 6.07) is 6.13. The number of nitrogens with zero attached hydrogens (tertiary/aromatic N) is 2. The van der Waals surface area contributed by atoms with Crippen LogP contribution in [0.1, 0.15) is 0 Å². The van der Waals surface area contributed by atoms with Gasteiger partial charge in [0.2, 0.25) is 0 Å². The van der Waals surface area contributed by atoms with Gasteiger partial charge in [-0.3, -0.25) is 20.2 Å². The first-order chi connectivity index (χ1) is 8.06. The van der Waals surface area contributed by atoms with Crippen LogP contribution in [0, 0.1) is 20.2 Å². The summed E-state index contributed by atoms with van der Waals surface area (Å²) in [5, 5.41) is 21.1. The normalized spacial score (nSPS) is 10.4. The van der Waals surface area contributed by atoms with Crippen molar-refractivity contribution in [3.63, 3.8) is 0 Å². The van der Waals surface area contributed by atoms with Gasteiger partial charge in [0.15, 0.2) is 0 Å². The van der Waals surface area contributed by atoms with E-state index in [0.717, 1.165) is 31.1 Å². The fourth-order valence-corrected chi connectivity index (χ4v) is 4.14. The van der Waals surface area contributed by atoms with Crippen LogP contribution in [0.15, 0.2) is 32.7 Å². The van der Waals surface area contributed by atoms with E-state index in [2.05, 4.69) is 0 Å². The number of hydrogen-bond acceptors (Lipinski definition) is 7. The van der Waals surface area contributed by atoms with Crippen LogP contribution in [0.25, 0.3) is 0 Å². The predicted molar refractivity (Wildman–Crippen MR) is 66.1 cm³/mol. The van der Waals surface area contributed by atoms with E-state index in [1.54, 1.807) is 12.1 Å². The van der Waals surface area contributed by atoms with Crippen molar-refractivity contribution in [3.8, 4) is 0 Å². The molecule has 0 radical (unpaired) electrons. The lowest BCUT2D eigenvalue weighted by Crippen LogP contribution is -1.80. The minimum absolute atomic E-state index is 0.0681. The van der Waals surface area contributed by atoms with Gasteiger partial charge in [-0.2, -0.15) is 0 Å². The van der Waals surface area contributed by atoms with Crippen molar-refractivity contribution in [1.29, 1.82) is 0 Å². The quantitative estimate of drug-likeness (QED) is 0.631. The molecular weight excluding hydrogens is 284 g/mol. The summed E-state index contributed by atoms with van der Waals surface area (Å²) < 4.78 is 1.49. The topological polar surface area (TPSA) is 86.3 Å². The number of nitro groups is 2. The van der Waals surface area contributed by atoms with Gasteiger partial charge in [0.25, 0.3) is 0 Å². The molecule has 0 amide bonds. The van der Waals surface area contributed by atoms with E-state index in [1.807, 2.05) is 0 Å². The van der Waals surface area contributed by atoms with Crippen molar-refractivity contribution in [3.05, 3.63) is 44.5 Å². The Morgan fingerprint density at radius 2 is 1.29 bits per heavy atom. The van der Waals surface area contributed by atoms with E-state index in [9.17, 15) is 20.2 Å². The third-order valence-electron chi connectivity index (χ3n) is 1.70. The second-order valence-corrected chi connectivity index (χ2v) is 6.53. The van der Waals surface area contributed by atoms with Gasteiger partial charge in [-0.15, -0.1) is 0 Å². The van der Waals surface area contributed by atoms with Gasteiger partial charge in [-0.1, -0.05) is 34.4 Å². The molecule has 88 valence electrons. The van der Waals surface area contributed by atoms with Gasteiger partial charge in [-0.25, -0.2) is 0 Å². The number of rotatable bonds is 4. The van der Waals surface area contributed by atoms with Crippen molar-refractivity contribution in [2.75, 3.05) is 0 Å². The maximum atomic E-state index is 10.5. The zero-order valence-corrected chi connectivity index (χ0v) is 10.5. The molecule has 0 fully saturated rings. The average Bonchev–Trinajstić information content (AvgIpc) is 2.87. The summed E-state index contributed by atoms with van der Waals surface area (Å²) in [4.78, 5) is 20.1. The fourth-order valence-electron chi connectivity index (χ4n) is 1.03. The van der Waals surface area contributed by atoms with E-state index in [4.69, 9.17) is 0 Å². The first-order valence-corrected chi connectivity index (χ1v) is 6.67. The molecule has 0 bridgehead atoms. The van der Waals surface area contributed by atoms with Gasteiger partial charge in [-0.05, 0) is 12.1 Å². The lowest BCUT2D eigenvalue weighted by molar-refractivity contribution is -0.380. The highest BCUT2D eigenvalue weighted by molar-refractivity contribution is 8.03. The molecule has 2 heterocycles. The van der Waals surface area contributed by atoms with E-state index >= 15 is 0 Å². The largest absolute Gasteiger partial charge is 0.325 e. The van der Waals surface area contributed by atoms with Crippen molar-refractivity contribution in [2.24, 2.45) is 0 Å². The van der Waals surface area contributed by atoms with Gasteiger partial charge < -0.3 is 0 Å². The van der Waals surface area contributed by atoms with Crippen LogP contribution < -0.4 is 0 Å². The number of thiophene rings is 2. The minimum atomic E-state index is -0.453. The molecule has 0 aliphatic heterocycles. The molecule has 6 nitrogen and oxygen atoms in total. The zero-order valence-electron chi connectivity index (χ0n) is 8.06. The Hall–Kier alpha value is -1.45. The van der Waals surface area contributed by atoms with Gasteiger partial charge in [0, 0.05) is 12.1 Å². The molecule has 9 heteroatoms. The van der Waals surface area contributed by atoms with Crippen LogP contribution in [0.4, 0.5) is 10.0 Å². The van der Waals surface area contributed by atoms with Crippen LogP contribution in [0.2, 0.25) is 0 Å². The number of hydrogen-bond donors (Lipinski definition) is 0. The molecule has 0 aromatic carbocycles. The van der Waals surface area contributed by atoms with Crippen LogP contribution in [-0.2, 0) is 0 Å². The van der Waals surface area contributed by atoms with Gasteiger partial charge in [0.1, 0.15) is 0 Å². The molecule has 0 N–H and O–H groups in total. The van der Waals surface area contributed by atoms with Crippen molar-refractivity contribution < 1.29 is 9.85 Å². The zero-order chi connectivity index (χ0) is 12.4. The highest BCUT2D eigenvalue weighted by Gasteiger charge is 2.14. The standard InChI is InChI=1S/C8H4N2O4S3/c11-9(12)5-1-3-7(15-5)17-8-4-2-6(16-8)10(13)14/h1-4H. The second kappa shape index (κ2) is 4.82. The second-order valence-electron chi connectivity index (χ2n) is 2.80. The summed E-state index contributed by atoms with van der Waals surface area (Å²) in [5.41, 5.74) is 0. The van der Waals surface area contributed by atoms with Crippen LogP contribution in [0.5, 0.6) is 0 Å². The van der Waals surface area contributed by atoms with Crippen LogP contribution in [0.3, 0.4) is 0 Å².